The minimum absolute atomic E-state index is 0. The van der Waals surface area contributed by atoms with Crippen LogP contribution < -0.4 is 24.8 Å². The first-order valence-corrected chi connectivity index (χ1v) is 20.8. The number of hydrogen-bond donors (Lipinski definition) is 0. The number of halogens is 2. The van der Waals surface area contributed by atoms with Gasteiger partial charge in [-0.15, -0.1) is 28.8 Å². The standard InChI is InChI=1S/C41H49.C5H5.C5H10.2ClH.Zr/c1-38(2,3)30-17-13-26(14-18-30)34-22-28-21-29-23-35(27-15-19-31(20-16-27)39(4,5)6)37(41(10,11)12)25-33(29)32(28)24-36(34)40(7,8)9;1-2-4-5-3-1;1-3-5-4-2;;;/h13-20,22,24-25H,21H2,1-12H3;1-5H;1H,3-5H2,2H3;2*1H;/q2*-1;;;;+2/p-2. The van der Waals surface area contributed by atoms with Crippen LogP contribution in [0.15, 0.2) is 97.1 Å². The van der Waals surface area contributed by atoms with E-state index in [-0.39, 0.29) is 46.5 Å². The molecule has 0 amide bonds. The average Bonchev–Trinajstić information content (AvgIpc) is 3.77. The van der Waals surface area contributed by atoms with Crippen LogP contribution in [0.1, 0.15) is 143 Å². The maximum Gasteiger partial charge on any atom is -0.172 e. The van der Waals surface area contributed by atoms with Gasteiger partial charge in [0.1, 0.15) is 0 Å². The van der Waals surface area contributed by atoms with E-state index in [9.17, 15) is 0 Å². The Labute approximate surface area is 357 Å². The molecule has 1 aliphatic carbocycles. The Balaban J connectivity index is 0.000000672. The van der Waals surface area contributed by atoms with Crippen molar-refractivity contribution in [2.75, 3.05) is 0 Å². The summed E-state index contributed by atoms with van der Waals surface area (Å²) >= 11 is 1.57. The van der Waals surface area contributed by atoms with Crippen molar-refractivity contribution in [2.45, 2.75) is 137 Å². The first kappa shape index (κ1) is 47.7. The van der Waals surface area contributed by atoms with Crippen molar-refractivity contribution in [3.8, 4) is 33.4 Å². The van der Waals surface area contributed by atoms with E-state index < -0.39 is 0 Å². The molecule has 0 saturated carbocycles. The molecule has 0 N–H and O–H groups in total. The zero-order chi connectivity index (χ0) is 38.5. The fourth-order valence-corrected chi connectivity index (χ4v) is 7.29. The molecule has 6 rings (SSSR count). The predicted octanol–water partition coefficient (Wildman–Crippen LogP) is 8.52. The molecule has 0 atom stereocenters. The van der Waals surface area contributed by atoms with Gasteiger partial charge in [0.15, 0.2) is 0 Å². The number of fused-ring (bicyclic) bond motifs is 3. The van der Waals surface area contributed by atoms with Crippen molar-refractivity contribution in [3.63, 3.8) is 0 Å². The van der Waals surface area contributed by atoms with E-state index in [1.54, 1.807) is 24.2 Å². The molecule has 0 radical (unpaired) electrons. The number of unbranched alkanes of at least 4 members (excludes halogenated alkanes) is 2. The van der Waals surface area contributed by atoms with Gasteiger partial charge in [0, 0.05) is 0 Å². The number of hydrogen-bond acceptors (Lipinski definition) is 0. The molecule has 1 aliphatic rings. The molecule has 0 nitrogen and oxygen atoms in total. The van der Waals surface area contributed by atoms with Gasteiger partial charge in [0.05, 0.1) is 0 Å². The summed E-state index contributed by atoms with van der Waals surface area (Å²) in [4.78, 5) is 0. The summed E-state index contributed by atoms with van der Waals surface area (Å²) in [5.74, 6) is 0. The van der Waals surface area contributed by atoms with Crippen LogP contribution >= 0.6 is 0 Å². The minimum atomic E-state index is 0. The fraction of sp³-hybridized carbons (Fsp3) is 0.412. The predicted molar refractivity (Wildman–Crippen MR) is 227 cm³/mol. The smallest absolute Gasteiger partial charge is 0.172 e. The maximum absolute atomic E-state index is 3.96. The van der Waals surface area contributed by atoms with E-state index in [0.717, 1.165) is 6.42 Å². The molecule has 0 aliphatic heterocycles. The second-order valence-electron chi connectivity index (χ2n) is 18.6. The molecule has 0 heterocycles. The van der Waals surface area contributed by atoms with Gasteiger partial charge >= 0.3 is 54.1 Å². The monoisotopic (exact) mass is 836 g/mol. The van der Waals surface area contributed by atoms with Crippen LogP contribution in [0.2, 0.25) is 0 Å². The van der Waals surface area contributed by atoms with Crippen molar-refractivity contribution >= 4 is 3.71 Å². The first-order chi connectivity index (χ1) is 24.3. The molecule has 5 aromatic rings. The summed E-state index contributed by atoms with van der Waals surface area (Å²) in [7, 11) is 0. The van der Waals surface area contributed by atoms with E-state index in [4.69, 9.17) is 0 Å². The molecule has 288 valence electrons. The van der Waals surface area contributed by atoms with Crippen LogP contribution in [0.5, 0.6) is 0 Å². The fourth-order valence-electron chi connectivity index (χ4n) is 6.79. The van der Waals surface area contributed by atoms with Gasteiger partial charge in [-0.1, -0.05) is 160 Å². The SMILES string of the molecule is CC(C)(C)c1ccc(-c2[c-]c3c(cc2C(C)(C)C)-c2cc(C(C)(C)C)c(-c4ccc(C(C)(C)C)cc4)cc2C3)cc1.CCCC[CH]=[Zr+2].[Cl-].[Cl-].c1cc[cH-]c1. The van der Waals surface area contributed by atoms with Crippen LogP contribution in [0, 0.1) is 6.07 Å². The molecule has 54 heavy (non-hydrogen) atoms. The van der Waals surface area contributed by atoms with Crippen molar-refractivity contribution in [2.24, 2.45) is 0 Å². The molecule has 5 aromatic carbocycles. The molecule has 0 spiro atoms. The van der Waals surface area contributed by atoms with Crippen LogP contribution in [0.4, 0.5) is 0 Å². The van der Waals surface area contributed by atoms with Crippen molar-refractivity contribution in [1.29, 1.82) is 0 Å². The summed E-state index contributed by atoms with van der Waals surface area (Å²) in [5.41, 5.74) is 16.5. The van der Waals surface area contributed by atoms with Gasteiger partial charge in [0.25, 0.3) is 0 Å². The molecule has 0 fully saturated rings. The third kappa shape index (κ3) is 12.3. The Bertz CT molecular complexity index is 1760. The molecule has 3 heteroatoms. The van der Waals surface area contributed by atoms with Crippen molar-refractivity contribution in [3.05, 3.63) is 137 Å². The summed E-state index contributed by atoms with van der Waals surface area (Å²) in [6, 6.07) is 39.9. The number of benzene rings is 4. The molecular weight excluding hydrogens is 775 g/mol. The van der Waals surface area contributed by atoms with Crippen LogP contribution in [-0.2, 0) is 52.3 Å². The van der Waals surface area contributed by atoms with Crippen LogP contribution in [0.3, 0.4) is 0 Å². The maximum atomic E-state index is 3.96. The topological polar surface area (TPSA) is 0 Å². The third-order valence-electron chi connectivity index (χ3n) is 10.0. The molecule has 0 aromatic heterocycles. The van der Waals surface area contributed by atoms with Gasteiger partial charge in [-0.3, -0.25) is 0 Å². The quantitative estimate of drug-likeness (QED) is 0.121. The summed E-state index contributed by atoms with van der Waals surface area (Å²) in [5, 5.41) is 0. The normalized spacial score (nSPS) is 12.1. The second kappa shape index (κ2) is 19.6. The molecule has 0 bridgehead atoms. The Morgan fingerprint density at radius 3 is 1.48 bits per heavy atom. The van der Waals surface area contributed by atoms with Gasteiger partial charge in [0.2, 0.25) is 0 Å². The van der Waals surface area contributed by atoms with Gasteiger partial charge in [-0.05, 0) is 61.5 Å². The second-order valence-corrected chi connectivity index (χ2v) is 19.6. The first-order valence-electron chi connectivity index (χ1n) is 19.4. The summed E-state index contributed by atoms with van der Waals surface area (Å²) in [6.45, 7) is 29.9. The van der Waals surface area contributed by atoms with Crippen molar-refractivity contribution < 1.29 is 49.0 Å². The van der Waals surface area contributed by atoms with Gasteiger partial charge < -0.3 is 24.8 Å². The Hall–Kier alpha value is -2.44. The van der Waals surface area contributed by atoms with E-state index in [0.29, 0.717) is 0 Å². The Kier molecular flexibility index (Phi) is 17.3. The largest absolute Gasteiger partial charge is 1.00 e. The Morgan fingerprint density at radius 1 is 0.611 bits per heavy atom. The summed E-state index contributed by atoms with van der Waals surface area (Å²) in [6.07, 6.45) is 4.98. The average molecular weight is 839 g/mol. The van der Waals surface area contributed by atoms with Crippen molar-refractivity contribution in [1.82, 2.24) is 0 Å². The minimum Gasteiger partial charge on any atom is -1.00 e. The zero-order valence-electron chi connectivity index (χ0n) is 35.4. The molecular formula is C51H64Cl2Zr-2. The zero-order valence-corrected chi connectivity index (χ0v) is 39.4. The van der Waals surface area contributed by atoms with Crippen LogP contribution in [-0.4, -0.2) is 3.71 Å². The van der Waals surface area contributed by atoms with Crippen LogP contribution in [0.25, 0.3) is 33.4 Å². The van der Waals surface area contributed by atoms with E-state index in [1.165, 1.54) is 86.0 Å². The number of rotatable bonds is 5. The molecule has 0 saturated heterocycles. The third-order valence-corrected chi connectivity index (χ3v) is 10.7. The van der Waals surface area contributed by atoms with E-state index in [2.05, 4.69) is 167 Å². The van der Waals surface area contributed by atoms with Gasteiger partial charge in [-0.25, -0.2) is 12.1 Å². The van der Waals surface area contributed by atoms with E-state index in [1.807, 2.05) is 30.3 Å². The van der Waals surface area contributed by atoms with E-state index >= 15 is 0 Å². The molecule has 0 unspecified atom stereocenters. The Morgan fingerprint density at radius 2 is 1.09 bits per heavy atom. The van der Waals surface area contributed by atoms with Gasteiger partial charge in [-0.2, -0.15) is 18.2 Å². The summed E-state index contributed by atoms with van der Waals surface area (Å²) < 4.78 is 2.30.